The van der Waals surface area contributed by atoms with Crippen LogP contribution >= 0.6 is 0 Å². The van der Waals surface area contributed by atoms with Gasteiger partial charge in [0.25, 0.3) is 0 Å². The Bertz CT molecular complexity index is 612. The molecular formula is C10H9F4NO4S. The van der Waals surface area contributed by atoms with Gasteiger partial charge in [-0.2, -0.15) is 13.2 Å². The molecule has 1 rings (SSSR count). The van der Waals surface area contributed by atoms with Gasteiger partial charge in [0.2, 0.25) is 10.0 Å². The van der Waals surface area contributed by atoms with Crippen molar-refractivity contribution in [3.05, 3.63) is 29.6 Å². The molecule has 1 aromatic carbocycles. The third-order valence-corrected chi connectivity index (χ3v) is 3.24. The van der Waals surface area contributed by atoms with Crippen LogP contribution in [0.15, 0.2) is 18.2 Å². The summed E-state index contributed by atoms with van der Waals surface area (Å²) in [6.07, 6.45) is -4.96. The Hall–Kier alpha value is -1.84. The highest BCUT2D eigenvalue weighted by molar-refractivity contribution is 7.93. The van der Waals surface area contributed by atoms with Crippen LogP contribution in [0.25, 0.3) is 0 Å². The zero-order chi connectivity index (χ0) is 15.6. The molecule has 5 nitrogen and oxygen atoms in total. The minimum Gasteiger partial charge on any atom is -0.468 e. The first kappa shape index (κ1) is 16.2. The van der Waals surface area contributed by atoms with Gasteiger partial charge in [0.05, 0.1) is 12.7 Å². The van der Waals surface area contributed by atoms with Crippen LogP contribution in [-0.2, 0) is 25.7 Å². The molecule has 1 N–H and O–H groups in total. The molecule has 0 aliphatic rings. The summed E-state index contributed by atoms with van der Waals surface area (Å²) in [4.78, 5) is 10.8. The van der Waals surface area contributed by atoms with Crippen LogP contribution in [0.3, 0.4) is 0 Å². The molecule has 0 amide bonds. The van der Waals surface area contributed by atoms with Gasteiger partial charge in [0.1, 0.15) is 5.82 Å². The fourth-order valence-corrected chi connectivity index (χ4v) is 2.22. The number of nitrogens with one attached hydrogen (secondary N) is 1. The minimum absolute atomic E-state index is 0.296. The molecule has 0 bridgehead atoms. The Morgan fingerprint density at radius 3 is 2.45 bits per heavy atom. The zero-order valence-electron chi connectivity index (χ0n) is 9.99. The zero-order valence-corrected chi connectivity index (χ0v) is 10.8. The third kappa shape index (κ3) is 4.37. The largest absolute Gasteiger partial charge is 0.468 e. The van der Waals surface area contributed by atoms with Gasteiger partial charge < -0.3 is 4.74 Å². The lowest BCUT2D eigenvalue weighted by molar-refractivity contribution is -0.140. The average Bonchev–Trinajstić information content (AvgIpc) is 2.29. The van der Waals surface area contributed by atoms with E-state index >= 15 is 0 Å². The van der Waals surface area contributed by atoms with Crippen molar-refractivity contribution in [2.75, 3.05) is 17.6 Å². The van der Waals surface area contributed by atoms with Crippen LogP contribution in [0.2, 0.25) is 0 Å². The Morgan fingerprint density at radius 1 is 1.35 bits per heavy atom. The van der Waals surface area contributed by atoms with Gasteiger partial charge in [-0.1, -0.05) is 0 Å². The minimum atomic E-state index is -4.96. The Morgan fingerprint density at radius 2 is 1.95 bits per heavy atom. The van der Waals surface area contributed by atoms with Crippen LogP contribution < -0.4 is 4.72 Å². The van der Waals surface area contributed by atoms with Gasteiger partial charge in [0.15, 0.2) is 5.75 Å². The molecule has 0 fully saturated rings. The summed E-state index contributed by atoms with van der Waals surface area (Å²) >= 11 is 0. The first-order valence-electron chi connectivity index (χ1n) is 4.99. The normalized spacial score (nSPS) is 12.1. The summed E-state index contributed by atoms with van der Waals surface area (Å²) in [5, 5.41) is 0. The lowest BCUT2D eigenvalue weighted by atomic mass is 10.2. The molecule has 0 aromatic heterocycles. The molecule has 0 unspecified atom stereocenters. The number of carbonyl (C=O) groups is 1. The molecule has 0 saturated heterocycles. The van der Waals surface area contributed by atoms with Crippen LogP contribution in [0.5, 0.6) is 0 Å². The molecule has 0 heterocycles. The standard InChI is InChI=1S/C10H9F4NO4S/c1-19-9(16)5-20(17,18)15-6-2-3-8(11)7(4-6)10(12,13)14/h2-4,15H,5H2,1H3. The number of rotatable bonds is 4. The molecule has 1 aromatic rings. The predicted octanol–water partition coefficient (Wildman–Crippen LogP) is 1.76. The van der Waals surface area contributed by atoms with E-state index < -0.39 is 45.0 Å². The second-order valence-corrected chi connectivity index (χ2v) is 5.35. The Balaban J connectivity index is 3.03. The van der Waals surface area contributed by atoms with Crippen molar-refractivity contribution in [3.63, 3.8) is 0 Å². The molecule has 0 aliphatic carbocycles. The maximum Gasteiger partial charge on any atom is 0.419 e. The van der Waals surface area contributed by atoms with E-state index in [1.54, 1.807) is 4.72 Å². The summed E-state index contributed by atoms with van der Waals surface area (Å²) in [7, 11) is -3.28. The smallest absolute Gasteiger partial charge is 0.419 e. The van der Waals surface area contributed by atoms with Gasteiger partial charge in [0, 0.05) is 5.69 Å². The highest BCUT2D eigenvalue weighted by Crippen LogP contribution is 2.33. The van der Waals surface area contributed by atoms with E-state index in [0.29, 0.717) is 12.1 Å². The number of anilines is 1. The predicted molar refractivity (Wildman–Crippen MR) is 60.8 cm³/mol. The van der Waals surface area contributed by atoms with Crippen molar-refractivity contribution in [2.45, 2.75) is 6.18 Å². The number of carbonyl (C=O) groups excluding carboxylic acids is 1. The van der Waals surface area contributed by atoms with E-state index in [0.717, 1.165) is 13.2 Å². The Kier molecular flexibility index (Phi) is 4.58. The summed E-state index contributed by atoms with van der Waals surface area (Å²) in [6, 6.07) is 1.57. The summed E-state index contributed by atoms with van der Waals surface area (Å²) in [5.74, 6) is -3.69. The fraction of sp³-hybridized carbons (Fsp3) is 0.300. The van der Waals surface area contributed by atoms with Crippen molar-refractivity contribution < 1.29 is 35.5 Å². The monoisotopic (exact) mass is 315 g/mol. The molecule has 0 radical (unpaired) electrons. The summed E-state index contributed by atoms with van der Waals surface area (Å²) in [6.45, 7) is 0. The van der Waals surface area contributed by atoms with Crippen molar-refractivity contribution in [3.8, 4) is 0 Å². The van der Waals surface area contributed by atoms with E-state index in [-0.39, 0.29) is 0 Å². The molecule has 0 spiro atoms. The quantitative estimate of drug-likeness (QED) is 0.679. The van der Waals surface area contributed by atoms with E-state index in [2.05, 4.69) is 4.74 Å². The molecule has 0 saturated carbocycles. The number of sulfonamides is 1. The number of esters is 1. The van der Waals surface area contributed by atoms with Crippen LogP contribution in [0, 0.1) is 5.82 Å². The van der Waals surface area contributed by atoms with Crippen LogP contribution in [-0.4, -0.2) is 27.2 Å². The number of ether oxygens (including phenoxy) is 1. The van der Waals surface area contributed by atoms with Gasteiger partial charge in [-0.3, -0.25) is 9.52 Å². The topological polar surface area (TPSA) is 72.5 Å². The van der Waals surface area contributed by atoms with E-state index in [1.807, 2.05) is 0 Å². The van der Waals surface area contributed by atoms with Crippen molar-refractivity contribution in [1.29, 1.82) is 0 Å². The second kappa shape index (κ2) is 5.65. The van der Waals surface area contributed by atoms with Crippen molar-refractivity contribution in [1.82, 2.24) is 0 Å². The van der Waals surface area contributed by atoms with Crippen LogP contribution in [0.4, 0.5) is 23.2 Å². The van der Waals surface area contributed by atoms with Crippen LogP contribution in [0.1, 0.15) is 5.56 Å². The average molecular weight is 315 g/mol. The van der Waals surface area contributed by atoms with Gasteiger partial charge >= 0.3 is 12.1 Å². The Labute approximate surface area is 111 Å². The summed E-state index contributed by atoms with van der Waals surface area (Å²) in [5.41, 5.74) is -2.13. The maximum atomic E-state index is 13.0. The number of benzene rings is 1. The summed E-state index contributed by atoms with van der Waals surface area (Å²) < 4.78 is 79.0. The van der Waals surface area contributed by atoms with E-state index in [9.17, 15) is 30.8 Å². The molecular weight excluding hydrogens is 306 g/mol. The first-order valence-corrected chi connectivity index (χ1v) is 6.64. The van der Waals surface area contributed by atoms with Gasteiger partial charge in [-0.25, -0.2) is 12.8 Å². The van der Waals surface area contributed by atoms with Gasteiger partial charge in [-0.05, 0) is 18.2 Å². The number of halogens is 4. The number of hydrogen-bond donors (Lipinski definition) is 1. The molecule has 112 valence electrons. The maximum absolute atomic E-state index is 13.0. The molecule has 20 heavy (non-hydrogen) atoms. The number of alkyl halides is 3. The first-order chi connectivity index (χ1) is 9.05. The lowest BCUT2D eigenvalue weighted by Gasteiger charge is -2.11. The number of methoxy groups -OCH3 is 1. The highest BCUT2D eigenvalue weighted by atomic mass is 32.2. The van der Waals surface area contributed by atoms with Crippen molar-refractivity contribution >= 4 is 21.7 Å². The second-order valence-electron chi connectivity index (χ2n) is 3.63. The fourth-order valence-electron chi connectivity index (χ4n) is 1.24. The number of hydrogen-bond acceptors (Lipinski definition) is 4. The van der Waals surface area contributed by atoms with E-state index in [1.165, 1.54) is 0 Å². The van der Waals surface area contributed by atoms with Gasteiger partial charge in [-0.15, -0.1) is 0 Å². The van der Waals surface area contributed by atoms with Crippen molar-refractivity contribution in [2.24, 2.45) is 0 Å². The molecule has 0 aliphatic heterocycles. The third-order valence-electron chi connectivity index (χ3n) is 2.08. The lowest BCUT2D eigenvalue weighted by Crippen LogP contribution is -2.24. The molecule has 10 heteroatoms. The SMILES string of the molecule is COC(=O)CS(=O)(=O)Nc1ccc(F)c(C(F)(F)F)c1. The van der Waals surface area contributed by atoms with E-state index in [4.69, 9.17) is 0 Å². The highest BCUT2D eigenvalue weighted by Gasteiger charge is 2.34. The molecule has 0 atom stereocenters.